The lowest BCUT2D eigenvalue weighted by molar-refractivity contribution is -0.130. The van der Waals surface area contributed by atoms with Gasteiger partial charge in [0, 0.05) is 87.2 Å². The third kappa shape index (κ3) is 22.3. The normalized spacial score (nSPS) is 16.4. The van der Waals surface area contributed by atoms with Gasteiger partial charge in [0.05, 0.1) is 20.3 Å². The van der Waals surface area contributed by atoms with E-state index in [0.717, 1.165) is 87.2 Å². The molecule has 3 aliphatic heterocycles. The van der Waals surface area contributed by atoms with Gasteiger partial charge in [-0.2, -0.15) is 5.10 Å². The second-order valence-electron chi connectivity index (χ2n) is 25.5. The van der Waals surface area contributed by atoms with E-state index in [4.69, 9.17) is 9.47 Å². The molecule has 3 aliphatic rings. The number of hydrogen-bond donors (Lipinski definition) is 0. The minimum atomic E-state index is -0.183. The largest absolute Gasteiger partial charge is 0.453 e. The van der Waals surface area contributed by atoms with Crippen molar-refractivity contribution in [3.8, 4) is 0 Å². The number of amides is 2. The molecule has 0 bridgehead atoms. The molecule has 0 unspecified atom stereocenters. The summed E-state index contributed by atoms with van der Waals surface area (Å²) in [6.07, 6.45) is 9.95. The van der Waals surface area contributed by atoms with Gasteiger partial charge in [-0.25, -0.2) is 14.8 Å². The highest BCUT2D eigenvalue weighted by Gasteiger charge is 2.32. The Hall–Kier alpha value is -3.86. The Balaban J connectivity index is 0.000000411. The highest BCUT2D eigenvalue weighted by Crippen LogP contribution is 2.36. The maximum Gasteiger partial charge on any atom is 0.409 e. The van der Waals surface area contributed by atoms with Crippen molar-refractivity contribution in [2.45, 2.75) is 194 Å². The van der Waals surface area contributed by atoms with Crippen LogP contribution >= 0.6 is 0 Å². The summed E-state index contributed by atoms with van der Waals surface area (Å²) in [4.78, 5) is 38.8. The molecule has 3 aromatic rings. The van der Waals surface area contributed by atoms with Crippen LogP contribution in [0.1, 0.15) is 191 Å². The van der Waals surface area contributed by atoms with Crippen LogP contribution in [-0.2, 0) is 37.6 Å². The first kappa shape index (κ1) is 62.2. The van der Waals surface area contributed by atoms with Crippen molar-refractivity contribution in [3.05, 3.63) is 70.8 Å². The average molecular weight is 948 g/mol. The third-order valence-electron chi connectivity index (χ3n) is 13.5. The smallest absolute Gasteiger partial charge is 0.409 e. The Bertz CT molecular complexity index is 1930. The molecule has 0 aromatic carbocycles. The predicted octanol–water partition coefficient (Wildman–Crippen LogP) is 13.3. The summed E-state index contributed by atoms with van der Waals surface area (Å²) in [6.45, 7) is 53.4. The van der Waals surface area contributed by atoms with Crippen LogP contribution < -0.4 is 0 Å². The molecular weight excluding hydrogens is 847 g/mol. The molecule has 6 rings (SSSR count). The Labute approximate surface area is 416 Å². The van der Waals surface area contributed by atoms with E-state index in [1.807, 2.05) is 55.1 Å². The van der Waals surface area contributed by atoms with Crippen LogP contribution in [0.25, 0.3) is 0 Å². The molecule has 0 spiro atoms. The van der Waals surface area contributed by atoms with E-state index in [1.165, 1.54) is 36.8 Å². The molecule has 3 fully saturated rings. The Morgan fingerprint density at radius 1 is 0.603 bits per heavy atom. The van der Waals surface area contributed by atoms with E-state index in [-0.39, 0.29) is 28.2 Å². The highest BCUT2D eigenvalue weighted by molar-refractivity contribution is 5.73. The fraction of sp³-hybridized carbons (Fsp3) is 0.754. The average Bonchev–Trinajstić information content (AvgIpc) is 3.63. The number of ether oxygens (including phenoxy) is 2. The van der Waals surface area contributed by atoms with Crippen molar-refractivity contribution in [2.24, 2.45) is 41.0 Å². The highest BCUT2D eigenvalue weighted by atomic mass is 16.5. The summed E-state index contributed by atoms with van der Waals surface area (Å²) in [5.41, 5.74) is 7.89. The minimum Gasteiger partial charge on any atom is -0.453 e. The fourth-order valence-corrected chi connectivity index (χ4v) is 8.56. The van der Waals surface area contributed by atoms with Gasteiger partial charge in [-0.05, 0) is 109 Å². The molecule has 11 heteroatoms. The number of carbonyl (C=O) groups excluding carboxylic acids is 2. The number of likely N-dealkylation sites (tertiary alicyclic amines) is 2. The van der Waals surface area contributed by atoms with E-state index in [0.29, 0.717) is 16.2 Å². The maximum atomic E-state index is 11.2. The van der Waals surface area contributed by atoms with E-state index in [1.54, 1.807) is 11.8 Å². The van der Waals surface area contributed by atoms with Crippen LogP contribution in [0.15, 0.2) is 36.8 Å². The van der Waals surface area contributed by atoms with Crippen LogP contribution in [-0.4, -0.2) is 93.0 Å². The topological polar surface area (TPSA) is 116 Å². The monoisotopic (exact) mass is 948 g/mol. The molecule has 0 aliphatic carbocycles. The molecule has 388 valence electrons. The van der Waals surface area contributed by atoms with Crippen LogP contribution in [0.2, 0.25) is 0 Å². The first-order valence-corrected chi connectivity index (χ1v) is 25.3. The fourth-order valence-electron chi connectivity index (χ4n) is 8.56. The maximum absolute atomic E-state index is 11.2. The summed E-state index contributed by atoms with van der Waals surface area (Å²) >= 11 is 0. The number of aromatic nitrogens is 5. The zero-order valence-corrected chi connectivity index (χ0v) is 48.0. The van der Waals surface area contributed by atoms with Crippen molar-refractivity contribution in [3.63, 3.8) is 0 Å². The van der Waals surface area contributed by atoms with Gasteiger partial charge >= 0.3 is 6.09 Å². The number of hydrogen-bond acceptors (Lipinski definition) is 8. The Morgan fingerprint density at radius 2 is 1.06 bits per heavy atom. The van der Waals surface area contributed by atoms with Gasteiger partial charge in [0.2, 0.25) is 5.91 Å². The van der Waals surface area contributed by atoms with Crippen molar-refractivity contribution in [1.29, 1.82) is 0 Å². The molecule has 0 saturated carbocycles. The van der Waals surface area contributed by atoms with Crippen LogP contribution in [0.3, 0.4) is 0 Å². The molecule has 6 heterocycles. The number of pyridine rings is 1. The first-order valence-electron chi connectivity index (χ1n) is 25.3. The van der Waals surface area contributed by atoms with E-state index in [2.05, 4.69) is 164 Å². The number of piperidine rings is 2. The number of nitrogens with zero attached hydrogens (tertiary/aromatic N) is 7. The number of rotatable bonds is 0. The quantitative estimate of drug-likeness (QED) is 0.219. The SMILES string of the molecule is CC(=O)N1CCC(C(C)(C)C)CC1.CC(C)(C)C1COC1.COC(=O)N1CCC(C(C)(C)C)CC1.Cc1ncc(C(C)(C)C)c(C)n1.Cc1ncccc1C(C)(C)C.Cn1nccc1C(C)(C)C. The molecular formula is C57H101N7O4. The molecule has 2 amide bonds. The van der Waals surface area contributed by atoms with Crippen LogP contribution in [0, 0.1) is 54.8 Å². The molecule has 0 N–H and O–H groups in total. The molecule has 0 atom stereocenters. The van der Waals surface area contributed by atoms with E-state index >= 15 is 0 Å². The van der Waals surface area contributed by atoms with Gasteiger partial charge in [-0.1, -0.05) is 131 Å². The molecule has 0 radical (unpaired) electrons. The van der Waals surface area contributed by atoms with Crippen molar-refractivity contribution in [1.82, 2.24) is 34.5 Å². The summed E-state index contributed by atoms with van der Waals surface area (Å²) in [7, 11) is 3.42. The van der Waals surface area contributed by atoms with Gasteiger partial charge in [0.25, 0.3) is 0 Å². The number of carbonyl (C=O) groups is 2. The van der Waals surface area contributed by atoms with Gasteiger partial charge in [0.1, 0.15) is 5.82 Å². The van der Waals surface area contributed by atoms with Crippen molar-refractivity contribution >= 4 is 12.0 Å². The summed E-state index contributed by atoms with van der Waals surface area (Å²) in [5.74, 6) is 3.39. The molecule has 3 saturated heterocycles. The summed E-state index contributed by atoms with van der Waals surface area (Å²) in [5, 5.41) is 4.10. The lowest BCUT2D eigenvalue weighted by atomic mass is 9.75. The zero-order chi connectivity index (χ0) is 52.6. The first-order chi connectivity index (χ1) is 30.9. The minimum absolute atomic E-state index is 0.151. The summed E-state index contributed by atoms with van der Waals surface area (Å²) in [6, 6.07) is 6.19. The van der Waals surface area contributed by atoms with Crippen molar-refractivity contribution in [2.75, 3.05) is 46.5 Å². The Kier molecular flexibility index (Phi) is 24.1. The zero-order valence-electron chi connectivity index (χ0n) is 48.0. The molecule has 3 aromatic heterocycles. The second-order valence-corrected chi connectivity index (χ2v) is 25.5. The van der Waals surface area contributed by atoms with Gasteiger partial charge < -0.3 is 19.3 Å². The van der Waals surface area contributed by atoms with E-state index in [9.17, 15) is 9.59 Å². The lowest BCUT2D eigenvalue weighted by Crippen LogP contribution is -2.41. The molecule has 68 heavy (non-hydrogen) atoms. The van der Waals surface area contributed by atoms with E-state index < -0.39 is 0 Å². The lowest BCUT2D eigenvalue weighted by Gasteiger charge is -2.38. The second kappa shape index (κ2) is 26.4. The predicted molar refractivity (Wildman–Crippen MR) is 284 cm³/mol. The third-order valence-corrected chi connectivity index (χ3v) is 13.5. The number of aryl methyl sites for hydroxylation is 4. The summed E-state index contributed by atoms with van der Waals surface area (Å²) < 4.78 is 11.7. The van der Waals surface area contributed by atoms with Gasteiger partial charge in [0.15, 0.2) is 0 Å². The Morgan fingerprint density at radius 3 is 1.32 bits per heavy atom. The standard InChI is InChI=1S/C11H21NO2.C11H21NO.C10H16N2.C10H15N.C8H14N2.C7H14O/c1-11(2,3)9-5-7-12(8-6-9)10(13)14-4;1-9(13)12-7-5-10(6-8-12)11(2,3)4;1-7-9(10(3,4)5)6-11-8(2)12-7;1-8-9(10(2,3)4)6-5-7-11-8;1-8(2,3)7-5-6-9-10(7)4;1-7(2,3)6-4-8-5-6/h9H,5-8H2,1-4H3;10H,5-8H2,1-4H3;6H,1-5H3;5-7H,1-4H3;5-6H,1-4H3;6H,4-5H2,1-3H3. The molecule has 11 nitrogen and oxygen atoms in total. The van der Waals surface area contributed by atoms with Gasteiger partial charge in [-0.3, -0.25) is 14.5 Å². The van der Waals surface area contributed by atoms with Crippen molar-refractivity contribution < 1.29 is 19.1 Å². The van der Waals surface area contributed by atoms with Gasteiger partial charge in [-0.15, -0.1) is 0 Å². The number of methoxy groups -OCH3 is 1. The van der Waals surface area contributed by atoms with Crippen LogP contribution in [0.5, 0.6) is 0 Å². The van der Waals surface area contributed by atoms with Crippen LogP contribution in [0.4, 0.5) is 4.79 Å².